The Bertz CT molecular complexity index is 742. The second-order valence-electron chi connectivity index (χ2n) is 4.75. The van der Waals surface area contributed by atoms with Gasteiger partial charge in [-0.3, -0.25) is 0 Å². The molecule has 0 saturated heterocycles. The number of hydrogen-bond acceptors (Lipinski definition) is 4. The van der Waals surface area contributed by atoms with Crippen LogP contribution in [0.1, 0.15) is 12.1 Å². The molecule has 1 heterocycles. The summed E-state index contributed by atoms with van der Waals surface area (Å²) in [4.78, 5) is 20.1. The Kier molecular flexibility index (Phi) is 5.74. The molecule has 0 unspecified atom stereocenters. The van der Waals surface area contributed by atoms with Gasteiger partial charge >= 0.3 is 6.03 Å². The van der Waals surface area contributed by atoms with Crippen LogP contribution in [0.3, 0.4) is 0 Å². The normalized spacial score (nSPS) is 10.6. The zero-order chi connectivity index (χ0) is 17.9. The molecule has 0 saturated carbocycles. The highest BCUT2D eigenvalue weighted by Crippen LogP contribution is 2.32. The number of carbonyl (C=O) groups excluding carboxylic acids is 1. The first-order valence-corrected chi connectivity index (χ1v) is 7.31. The summed E-state index contributed by atoms with van der Waals surface area (Å²) < 4.78 is 30.7. The van der Waals surface area contributed by atoms with Gasteiger partial charge in [-0.05, 0) is 24.3 Å². The molecule has 0 aliphatic carbocycles. The van der Waals surface area contributed by atoms with Crippen molar-refractivity contribution in [3.8, 4) is 11.6 Å². The molecule has 0 atom stereocenters. The SMILES string of the molecule is CN(C)C(=O)Nc1ccc(Oc2nc(Cl)c(C(F)F)nc2Cl)cc1. The van der Waals surface area contributed by atoms with Crippen molar-refractivity contribution >= 4 is 34.9 Å². The average Bonchev–Trinajstić information content (AvgIpc) is 2.52. The number of ether oxygens (including phenoxy) is 1. The van der Waals surface area contributed by atoms with E-state index in [9.17, 15) is 13.6 Å². The van der Waals surface area contributed by atoms with E-state index in [0.29, 0.717) is 11.4 Å². The van der Waals surface area contributed by atoms with Crippen LogP contribution in [0.25, 0.3) is 0 Å². The van der Waals surface area contributed by atoms with Crippen LogP contribution in [-0.4, -0.2) is 35.0 Å². The van der Waals surface area contributed by atoms with Crippen molar-refractivity contribution in [2.24, 2.45) is 0 Å². The van der Waals surface area contributed by atoms with Crippen molar-refractivity contribution < 1.29 is 18.3 Å². The van der Waals surface area contributed by atoms with Gasteiger partial charge in [0.2, 0.25) is 0 Å². The van der Waals surface area contributed by atoms with Crippen LogP contribution in [0.15, 0.2) is 24.3 Å². The number of alkyl halides is 2. The maximum atomic E-state index is 12.6. The van der Waals surface area contributed by atoms with Gasteiger partial charge in [-0.2, -0.15) is 4.98 Å². The molecule has 2 rings (SSSR count). The zero-order valence-corrected chi connectivity index (χ0v) is 14.1. The molecular weight excluding hydrogens is 365 g/mol. The van der Waals surface area contributed by atoms with Crippen molar-refractivity contribution in [3.63, 3.8) is 0 Å². The van der Waals surface area contributed by atoms with Gasteiger partial charge in [0.15, 0.2) is 10.3 Å². The molecule has 1 aromatic heterocycles. The Morgan fingerprint density at radius 2 is 1.79 bits per heavy atom. The van der Waals surface area contributed by atoms with Gasteiger partial charge < -0.3 is 15.0 Å². The molecule has 2 amide bonds. The van der Waals surface area contributed by atoms with Crippen LogP contribution < -0.4 is 10.1 Å². The van der Waals surface area contributed by atoms with Gasteiger partial charge in [-0.1, -0.05) is 23.2 Å². The summed E-state index contributed by atoms with van der Waals surface area (Å²) in [7, 11) is 3.22. The number of anilines is 1. The van der Waals surface area contributed by atoms with E-state index in [2.05, 4.69) is 15.3 Å². The first-order chi connectivity index (χ1) is 11.3. The number of nitrogens with zero attached hydrogens (tertiary/aromatic N) is 3. The fraction of sp³-hybridized carbons (Fsp3) is 0.214. The second-order valence-corrected chi connectivity index (χ2v) is 5.46. The standard InChI is InChI=1S/C14H12Cl2F2N4O2/c1-22(2)14(23)19-7-3-5-8(6-4-7)24-13-11(16)20-9(12(17)18)10(15)21-13/h3-6,12H,1-2H3,(H,19,23). The Labute approximate surface area is 146 Å². The molecule has 2 aromatic rings. The van der Waals surface area contributed by atoms with Crippen molar-refractivity contribution in [2.75, 3.05) is 19.4 Å². The van der Waals surface area contributed by atoms with Gasteiger partial charge in [0, 0.05) is 19.8 Å². The number of carbonyl (C=O) groups is 1. The lowest BCUT2D eigenvalue weighted by molar-refractivity contribution is 0.145. The molecule has 0 bridgehead atoms. The highest BCUT2D eigenvalue weighted by atomic mass is 35.5. The Hall–Kier alpha value is -2.19. The molecule has 0 aliphatic heterocycles. The predicted octanol–water partition coefficient (Wildman–Crippen LogP) is 4.61. The monoisotopic (exact) mass is 376 g/mol. The number of amides is 2. The summed E-state index contributed by atoms with van der Waals surface area (Å²) in [5.41, 5.74) is -0.167. The molecule has 1 aromatic carbocycles. The number of benzene rings is 1. The number of aromatic nitrogens is 2. The first kappa shape index (κ1) is 18.2. The topological polar surface area (TPSA) is 67.4 Å². The van der Waals surface area contributed by atoms with Crippen molar-refractivity contribution in [1.82, 2.24) is 14.9 Å². The zero-order valence-electron chi connectivity index (χ0n) is 12.6. The van der Waals surface area contributed by atoms with Crippen molar-refractivity contribution in [2.45, 2.75) is 6.43 Å². The number of nitrogens with one attached hydrogen (secondary N) is 1. The molecule has 6 nitrogen and oxygen atoms in total. The van der Waals surface area contributed by atoms with E-state index in [-0.39, 0.29) is 17.1 Å². The molecule has 10 heteroatoms. The van der Waals surface area contributed by atoms with Gasteiger partial charge in [-0.15, -0.1) is 0 Å². The predicted molar refractivity (Wildman–Crippen MR) is 86.2 cm³/mol. The minimum atomic E-state index is -2.89. The molecule has 128 valence electrons. The number of halogens is 4. The summed E-state index contributed by atoms with van der Waals surface area (Å²) in [6.07, 6.45) is -2.89. The lowest BCUT2D eigenvalue weighted by atomic mass is 10.3. The van der Waals surface area contributed by atoms with Crippen LogP contribution in [0.5, 0.6) is 11.6 Å². The number of hydrogen-bond donors (Lipinski definition) is 1. The molecule has 1 N–H and O–H groups in total. The second kappa shape index (κ2) is 7.59. The van der Waals surface area contributed by atoms with E-state index in [4.69, 9.17) is 27.9 Å². The minimum absolute atomic E-state index is 0.198. The molecule has 0 spiro atoms. The van der Waals surface area contributed by atoms with Gasteiger partial charge in [0.05, 0.1) is 0 Å². The van der Waals surface area contributed by atoms with Crippen LogP contribution in [0.2, 0.25) is 10.3 Å². The third kappa shape index (κ3) is 4.42. The Balaban J connectivity index is 2.14. The molecule has 0 fully saturated rings. The third-order valence-electron chi connectivity index (χ3n) is 2.74. The highest BCUT2D eigenvalue weighted by Gasteiger charge is 2.19. The Morgan fingerprint density at radius 1 is 1.17 bits per heavy atom. The molecule has 0 aliphatic rings. The first-order valence-electron chi connectivity index (χ1n) is 6.55. The fourth-order valence-corrected chi connectivity index (χ4v) is 1.92. The number of urea groups is 1. The average molecular weight is 377 g/mol. The summed E-state index contributed by atoms with van der Waals surface area (Å²) in [5.74, 6) is 0.117. The largest absolute Gasteiger partial charge is 0.436 e. The summed E-state index contributed by atoms with van der Waals surface area (Å²) in [5, 5.41) is 1.83. The smallest absolute Gasteiger partial charge is 0.321 e. The van der Waals surface area contributed by atoms with Crippen LogP contribution >= 0.6 is 23.2 Å². The van der Waals surface area contributed by atoms with E-state index < -0.39 is 17.3 Å². The van der Waals surface area contributed by atoms with Crippen molar-refractivity contribution in [1.29, 1.82) is 0 Å². The van der Waals surface area contributed by atoms with E-state index in [0.717, 1.165) is 0 Å². The minimum Gasteiger partial charge on any atom is -0.436 e. The third-order valence-corrected chi connectivity index (χ3v) is 3.26. The maximum absolute atomic E-state index is 12.6. The van der Waals surface area contributed by atoms with Crippen LogP contribution in [0, 0.1) is 0 Å². The number of rotatable bonds is 4. The lowest BCUT2D eigenvalue weighted by Gasteiger charge is -2.12. The van der Waals surface area contributed by atoms with Gasteiger partial charge in [0.1, 0.15) is 11.4 Å². The van der Waals surface area contributed by atoms with Crippen LogP contribution in [-0.2, 0) is 0 Å². The lowest BCUT2D eigenvalue weighted by Crippen LogP contribution is -2.27. The van der Waals surface area contributed by atoms with E-state index >= 15 is 0 Å². The summed E-state index contributed by atoms with van der Waals surface area (Å²) in [6, 6.07) is 5.98. The van der Waals surface area contributed by atoms with Gasteiger partial charge in [0.25, 0.3) is 12.3 Å². The van der Waals surface area contributed by atoms with Gasteiger partial charge in [-0.25, -0.2) is 18.6 Å². The van der Waals surface area contributed by atoms with E-state index in [1.54, 1.807) is 26.2 Å². The van der Waals surface area contributed by atoms with E-state index in [1.165, 1.54) is 17.0 Å². The van der Waals surface area contributed by atoms with E-state index in [1.807, 2.05) is 0 Å². The fourth-order valence-electron chi connectivity index (χ4n) is 1.55. The molecule has 24 heavy (non-hydrogen) atoms. The quantitative estimate of drug-likeness (QED) is 0.845. The molecular formula is C14H12Cl2F2N4O2. The molecule has 0 radical (unpaired) electrons. The highest BCUT2D eigenvalue weighted by molar-refractivity contribution is 6.32. The van der Waals surface area contributed by atoms with Crippen LogP contribution in [0.4, 0.5) is 19.3 Å². The summed E-state index contributed by atoms with van der Waals surface area (Å²) >= 11 is 11.4. The van der Waals surface area contributed by atoms with Crippen molar-refractivity contribution in [3.05, 3.63) is 40.3 Å². The Morgan fingerprint density at radius 3 is 2.33 bits per heavy atom. The summed E-state index contributed by atoms with van der Waals surface area (Å²) in [6.45, 7) is 0. The maximum Gasteiger partial charge on any atom is 0.321 e.